The highest BCUT2D eigenvalue weighted by atomic mass is 32.1. The van der Waals surface area contributed by atoms with Gasteiger partial charge in [0.1, 0.15) is 0 Å². The van der Waals surface area contributed by atoms with Gasteiger partial charge < -0.3 is 10.2 Å². The SMILES string of the molecule is CC(c1ccccc1)N1CCCN(c2cccc(NC(=O)Cc3cccs3)c2)C1=O. The molecule has 6 heteroatoms. The average Bonchev–Trinajstić information content (AvgIpc) is 3.27. The number of urea groups is 1. The summed E-state index contributed by atoms with van der Waals surface area (Å²) in [4.78, 5) is 30.3. The smallest absolute Gasteiger partial charge is 0.324 e. The van der Waals surface area contributed by atoms with Crippen LogP contribution in [0.25, 0.3) is 0 Å². The molecule has 0 saturated carbocycles. The standard InChI is InChI=1S/C24H25N3O2S/c1-18(19-8-3-2-4-9-19)26-13-7-14-27(24(26)29)21-11-5-10-20(16-21)25-23(28)17-22-12-6-15-30-22/h2-6,8-12,15-16,18H,7,13-14,17H2,1H3,(H,25,28). The normalized spacial score (nSPS) is 15.2. The number of carbonyl (C=O) groups excluding carboxylic acids is 2. The molecule has 1 atom stereocenters. The molecule has 3 amide bonds. The van der Waals surface area contributed by atoms with Gasteiger partial charge in [0.25, 0.3) is 0 Å². The van der Waals surface area contributed by atoms with E-state index < -0.39 is 0 Å². The van der Waals surface area contributed by atoms with Gasteiger partial charge in [-0.3, -0.25) is 9.69 Å². The monoisotopic (exact) mass is 419 g/mol. The first-order valence-corrected chi connectivity index (χ1v) is 11.0. The lowest BCUT2D eigenvalue weighted by molar-refractivity contribution is -0.115. The minimum atomic E-state index is -0.0566. The van der Waals surface area contributed by atoms with Gasteiger partial charge in [0.05, 0.1) is 12.5 Å². The van der Waals surface area contributed by atoms with E-state index >= 15 is 0 Å². The number of benzene rings is 2. The summed E-state index contributed by atoms with van der Waals surface area (Å²) in [6.45, 7) is 3.48. The second kappa shape index (κ2) is 9.13. The molecule has 1 aliphatic heterocycles. The van der Waals surface area contributed by atoms with Gasteiger partial charge in [0.2, 0.25) is 5.91 Å². The zero-order valence-electron chi connectivity index (χ0n) is 17.0. The molecular formula is C24H25N3O2S. The fraction of sp³-hybridized carbons (Fsp3) is 0.250. The summed E-state index contributed by atoms with van der Waals surface area (Å²) in [6, 6.07) is 21.5. The van der Waals surface area contributed by atoms with E-state index in [4.69, 9.17) is 0 Å². The molecule has 3 aromatic rings. The number of rotatable bonds is 6. The lowest BCUT2D eigenvalue weighted by Gasteiger charge is -2.39. The van der Waals surface area contributed by atoms with Crippen molar-refractivity contribution in [1.29, 1.82) is 0 Å². The molecule has 0 radical (unpaired) electrons. The molecule has 0 spiro atoms. The predicted octanol–water partition coefficient (Wildman–Crippen LogP) is 5.32. The highest BCUT2D eigenvalue weighted by molar-refractivity contribution is 7.10. The van der Waals surface area contributed by atoms with Crippen LogP contribution >= 0.6 is 11.3 Å². The first-order chi connectivity index (χ1) is 14.6. The van der Waals surface area contributed by atoms with E-state index in [0.717, 1.165) is 29.1 Å². The highest BCUT2D eigenvalue weighted by Crippen LogP contribution is 2.28. The maximum Gasteiger partial charge on any atom is 0.324 e. The Hall–Kier alpha value is -3.12. The zero-order chi connectivity index (χ0) is 20.9. The van der Waals surface area contributed by atoms with Gasteiger partial charge in [-0.15, -0.1) is 11.3 Å². The lowest BCUT2D eigenvalue weighted by atomic mass is 10.1. The van der Waals surface area contributed by atoms with E-state index in [1.807, 2.05) is 64.9 Å². The van der Waals surface area contributed by atoms with Crippen molar-refractivity contribution < 1.29 is 9.59 Å². The zero-order valence-corrected chi connectivity index (χ0v) is 17.8. The van der Waals surface area contributed by atoms with E-state index in [-0.39, 0.29) is 18.0 Å². The molecule has 0 aliphatic carbocycles. The molecule has 1 aliphatic rings. The Morgan fingerprint density at radius 1 is 1.07 bits per heavy atom. The van der Waals surface area contributed by atoms with Crippen molar-refractivity contribution in [3.05, 3.63) is 82.6 Å². The molecular weight excluding hydrogens is 394 g/mol. The highest BCUT2D eigenvalue weighted by Gasteiger charge is 2.30. The Bertz CT molecular complexity index is 1000. The molecule has 1 unspecified atom stereocenters. The van der Waals surface area contributed by atoms with Crippen LogP contribution in [0.4, 0.5) is 16.2 Å². The molecule has 0 bridgehead atoms. The minimum absolute atomic E-state index is 0.000310. The van der Waals surface area contributed by atoms with Gasteiger partial charge >= 0.3 is 6.03 Å². The van der Waals surface area contributed by atoms with Crippen LogP contribution in [0.15, 0.2) is 72.1 Å². The van der Waals surface area contributed by atoms with Crippen LogP contribution in [-0.2, 0) is 11.2 Å². The number of carbonyl (C=O) groups is 2. The van der Waals surface area contributed by atoms with Crippen molar-refractivity contribution in [3.63, 3.8) is 0 Å². The number of hydrogen-bond donors (Lipinski definition) is 1. The Kier molecular flexibility index (Phi) is 6.14. The van der Waals surface area contributed by atoms with Crippen LogP contribution in [0.2, 0.25) is 0 Å². The van der Waals surface area contributed by atoms with E-state index in [1.165, 1.54) is 0 Å². The third-order valence-corrected chi connectivity index (χ3v) is 6.24. The Labute approximate surface area is 180 Å². The van der Waals surface area contributed by atoms with Crippen molar-refractivity contribution in [3.8, 4) is 0 Å². The summed E-state index contributed by atoms with van der Waals surface area (Å²) < 4.78 is 0. The molecule has 2 heterocycles. The number of amides is 3. The molecule has 2 aromatic carbocycles. The van der Waals surface area contributed by atoms with Crippen LogP contribution < -0.4 is 10.2 Å². The third kappa shape index (κ3) is 4.54. The van der Waals surface area contributed by atoms with Gasteiger partial charge in [-0.1, -0.05) is 42.5 Å². The first-order valence-electron chi connectivity index (χ1n) is 10.2. The summed E-state index contributed by atoms with van der Waals surface area (Å²) >= 11 is 1.57. The van der Waals surface area contributed by atoms with Crippen molar-refractivity contribution in [2.75, 3.05) is 23.3 Å². The molecule has 1 aromatic heterocycles. The summed E-state index contributed by atoms with van der Waals surface area (Å²) in [6.07, 6.45) is 1.25. The Morgan fingerprint density at radius 3 is 2.67 bits per heavy atom. The molecule has 5 nitrogen and oxygen atoms in total. The largest absolute Gasteiger partial charge is 0.326 e. The summed E-state index contributed by atoms with van der Waals surface area (Å²) in [5.74, 6) is -0.0566. The summed E-state index contributed by atoms with van der Waals surface area (Å²) in [5.41, 5.74) is 2.64. The summed E-state index contributed by atoms with van der Waals surface area (Å²) in [7, 11) is 0. The van der Waals surface area contributed by atoms with Crippen LogP contribution in [0.1, 0.15) is 29.8 Å². The van der Waals surface area contributed by atoms with Crippen LogP contribution in [0.3, 0.4) is 0 Å². The predicted molar refractivity (Wildman–Crippen MR) is 122 cm³/mol. The molecule has 30 heavy (non-hydrogen) atoms. The van der Waals surface area contributed by atoms with Crippen molar-refractivity contribution in [1.82, 2.24) is 4.90 Å². The van der Waals surface area contributed by atoms with Crippen molar-refractivity contribution in [2.45, 2.75) is 25.8 Å². The van der Waals surface area contributed by atoms with Gasteiger partial charge in [0, 0.05) is 29.3 Å². The second-order valence-electron chi connectivity index (χ2n) is 7.42. The third-order valence-electron chi connectivity index (χ3n) is 5.36. The van der Waals surface area contributed by atoms with Crippen molar-refractivity contribution in [2.24, 2.45) is 0 Å². The fourth-order valence-electron chi connectivity index (χ4n) is 3.78. The molecule has 4 rings (SSSR count). The van der Waals surface area contributed by atoms with Gasteiger partial charge in [-0.25, -0.2) is 4.79 Å². The van der Waals surface area contributed by atoms with Crippen LogP contribution in [0, 0.1) is 0 Å². The van der Waals surface area contributed by atoms with Crippen LogP contribution in [-0.4, -0.2) is 29.9 Å². The van der Waals surface area contributed by atoms with Gasteiger partial charge in [-0.05, 0) is 48.6 Å². The molecule has 154 valence electrons. The molecule has 1 N–H and O–H groups in total. The number of anilines is 2. The maximum absolute atomic E-state index is 13.3. The summed E-state index contributed by atoms with van der Waals surface area (Å²) in [5, 5.41) is 4.92. The minimum Gasteiger partial charge on any atom is -0.326 e. The first kappa shape index (κ1) is 20.2. The average molecular weight is 420 g/mol. The van der Waals surface area contributed by atoms with Gasteiger partial charge in [0.15, 0.2) is 0 Å². The van der Waals surface area contributed by atoms with E-state index in [0.29, 0.717) is 18.7 Å². The number of hydrogen-bond acceptors (Lipinski definition) is 3. The Morgan fingerprint density at radius 2 is 1.90 bits per heavy atom. The second-order valence-corrected chi connectivity index (χ2v) is 8.45. The quantitative estimate of drug-likeness (QED) is 0.588. The van der Waals surface area contributed by atoms with E-state index in [2.05, 4.69) is 24.4 Å². The van der Waals surface area contributed by atoms with Gasteiger partial charge in [-0.2, -0.15) is 0 Å². The molecule has 1 fully saturated rings. The number of nitrogens with one attached hydrogen (secondary N) is 1. The van der Waals surface area contributed by atoms with E-state index in [9.17, 15) is 9.59 Å². The number of nitrogens with zero attached hydrogens (tertiary/aromatic N) is 2. The lowest BCUT2D eigenvalue weighted by Crippen LogP contribution is -2.50. The maximum atomic E-state index is 13.3. The molecule has 1 saturated heterocycles. The van der Waals surface area contributed by atoms with E-state index in [1.54, 1.807) is 16.2 Å². The topological polar surface area (TPSA) is 52.6 Å². The fourth-order valence-corrected chi connectivity index (χ4v) is 4.49. The number of thiophene rings is 1. The van der Waals surface area contributed by atoms with Crippen LogP contribution in [0.5, 0.6) is 0 Å². The Balaban J connectivity index is 1.47. The van der Waals surface area contributed by atoms with Crippen molar-refractivity contribution >= 4 is 34.6 Å².